The number of rotatable bonds is 5. The maximum atomic E-state index is 13.1. The number of carbonyl (C=O) groups is 1. The molecule has 0 N–H and O–H groups in total. The van der Waals surface area contributed by atoms with Crippen molar-refractivity contribution < 1.29 is 9.53 Å². The molecule has 6 nitrogen and oxygen atoms in total. The third kappa shape index (κ3) is 3.20. The number of aromatic nitrogens is 3. The quantitative estimate of drug-likeness (QED) is 0.664. The summed E-state index contributed by atoms with van der Waals surface area (Å²) in [6.45, 7) is 4.55. The van der Waals surface area contributed by atoms with E-state index in [0.717, 1.165) is 23.0 Å². The second-order valence-corrected chi connectivity index (χ2v) is 6.51. The molecule has 134 valence electrons. The summed E-state index contributed by atoms with van der Waals surface area (Å²) in [5.41, 5.74) is 2.58. The van der Waals surface area contributed by atoms with Gasteiger partial charge in [-0.1, -0.05) is 18.2 Å². The predicted octanol–water partition coefficient (Wildman–Crippen LogP) is 3.06. The van der Waals surface area contributed by atoms with Crippen LogP contribution in [0, 0.1) is 0 Å². The number of ether oxygens (including phenoxy) is 1. The SMILES string of the molecule is CCOCC[C@H]1CN(C(=O)c2cnc3ccccc3c2)Cc2ccnn21. The van der Waals surface area contributed by atoms with E-state index in [0.29, 0.717) is 31.9 Å². The molecule has 3 aromatic rings. The first-order chi connectivity index (χ1) is 12.8. The average Bonchev–Trinajstić information content (AvgIpc) is 3.16. The smallest absolute Gasteiger partial charge is 0.255 e. The Bertz CT molecular complexity index is 921. The molecule has 1 atom stereocenters. The highest BCUT2D eigenvalue weighted by Crippen LogP contribution is 2.25. The highest BCUT2D eigenvalue weighted by atomic mass is 16.5. The van der Waals surface area contributed by atoms with Gasteiger partial charge in [0.15, 0.2) is 0 Å². The Balaban J connectivity index is 1.57. The molecule has 3 heterocycles. The highest BCUT2D eigenvalue weighted by molar-refractivity contribution is 5.97. The molecule has 2 aromatic heterocycles. The van der Waals surface area contributed by atoms with Crippen molar-refractivity contribution in [2.24, 2.45) is 0 Å². The Labute approximate surface area is 152 Å². The number of amides is 1. The fraction of sp³-hybridized carbons (Fsp3) is 0.350. The van der Waals surface area contributed by atoms with E-state index in [2.05, 4.69) is 10.1 Å². The van der Waals surface area contributed by atoms with Gasteiger partial charge in [-0.05, 0) is 31.5 Å². The number of hydrogen-bond acceptors (Lipinski definition) is 4. The summed E-state index contributed by atoms with van der Waals surface area (Å²) in [7, 11) is 0. The van der Waals surface area contributed by atoms with Gasteiger partial charge in [0.25, 0.3) is 5.91 Å². The third-order valence-corrected chi connectivity index (χ3v) is 4.81. The van der Waals surface area contributed by atoms with Crippen molar-refractivity contribution in [2.75, 3.05) is 19.8 Å². The molecule has 1 aromatic carbocycles. The number of carbonyl (C=O) groups excluding carboxylic acids is 1. The van der Waals surface area contributed by atoms with Crippen LogP contribution in [0.2, 0.25) is 0 Å². The summed E-state index contributed by atoms with van der Waals surface area (Å²) >= 11 is 0. The Morgan fingerprint density at radius 2 is 2.19 bits per heavy atom. The second-order valence-electron chi connectivity index (χ2n) is 6.51. The molecule has 0 radical (unpaired) electrons. The molecule has 1 aliphatic heterocycles. The van der Waals surface area contributed by atoms with Crippen LogP contribution in [0.5, 0.6) is 0 Å². The average molecular weight is 350 g/mol. The number of fused-ring (bicyclic) bond motifs is 2. The summed E-state index contributed by atoms with van der Waals surface area (Å²) in [4.78, 5) is 19.4. The molecule has 4 rings (SSSR count). The molecule has 0 unspecified atom stereocenters. The lowest BCUT2D eigenvalue weighted by Crippen LogP contribution is -2.41. The Morgan fingerprint density at radius 1 is 1.31 bits per heavy atom. The van der Waals surface area contributed by atoms with Crippen LogP contribution in [0.3, 0.4) is 0 Å². The first-order valence-corrected chi connectivity index (χ1v) is 9.00. The molecule has 0 bridgehead atoms. The molecule has 6 heteroatoms. The Kier molecular flexibility index (Phi) is 4.67. The molecule has 0 saturated heterocycles. The molecule has 26 heavy (non-hydrogen) atoms. The third-order valence-electron chi connectivity index (χ3n) is 4.81. The molecule has 0 saturated carbocycles. The van der Waals surface area contributed by atoms with Gasteiger partial charge in [-0.25, -0.2) is 0 Å². The molecule has 1 amide bonds. The van der Waals surface area contributed by atoms with Gasteiger partial charge in [-0.3, -0.25) is 14.5 Å². The fourth-order valence-corrected chi connectivity index (χ4v) is 3.49. The maximum Gasteiger partial charge on any atom is 0.255 e. The normalized spacial score (nSPS) is 16.7. The van der Waals surface area contributed by atoms with Gasteiger partial charge in [0, 0.05) is 37.5 Å². The molecule has 0 aliphatic carbocycles. The summed E-state index contributed by atoms with van der Waals surface area (Å²) < 4.78 is 7.53. The van der Waals surface area contributed by atoms with Gasteiger partial charge in [0.2, 0.25) is 0 Å². The zero-order chi connectivity index (χ0) is 17.9. The van der Waals surface area contributed by atoms with Crippen LogP contribution in [0.1, 0.15) is 35.4 Å². The van der Waals surface area contributed by atoms with Crippen molar-refractivity contribution in [1.29, 1.82) is 0 Å². The summed E-state index contributed by atoms with van der Waals surface area (Å²) in [5, 5.41) is 5.42. The number of nitrogens with zero attached hydrogens (tertiary/aromatic N) is 4. The Morgan fingerprint density at radius 3 is 3.08 bits per heavy atom. The van der Waals surface area contributed by atoms with Gasteiger partial charge in [-0.2, -0.15) is 5.10 Å². The lowest BCUT2D eigenvalue weighted by molar-refractivity contribution is 0.0625. The highest BCUT2D eigenvalue weighted by Gasteiger charge is 2.29. The van der Waals surface area contributed by atoms with Crippen LogP contribution in [0.4, 0.5) is 0 Å². The van der Waals surface area contributed by atoms with E-state index < -0.39 is 0 Å². The lowest BCUT2D eigenvalue weighted by Gasteiger charge is -2.34. The zero-order valence-electron chi connectivity index (χ0n) is 14.8. The van der Waals surface area contributed by atoms with E-state index >= 15 is 0 Å². The van der Waals surface area contributed by atoms with Crippen LogP contribution < -0.4 is 0 Å². The molecule has 0 spiro atoms. The van der Waals surface area contributed by atoms with Crippen LogP contribution in [-0.4, -0.2) is 45.3 Å². The summed E-state index contributed by atoms with van der Waals surface area (Å²) in [6.07, 6.45) is 4.31. The van der Waals surface area contributed by atoms with Crippen molar-refractivity contribution in [3.05, 3.63) is 60.0 Å². The first-order valence-electron chi connectivity index (χ1n) is 9.00. The van der Waals surface area contributed by atoms with Gasteiger partial charge in [-0.15, -0.1) is 0 Å². The first kappa shape index (κ1) is 16.7. The minimum atomic E-state index is 0.0112. The van der Waals surface area contributed by atoms with Crippen LogP contribution in [0.15, 0.2) is 48.8 Å². The van der Waals surface area contributed by atoms with Gasteiger partial charge in [0.1, 0.15) is 0 Å². The van der Waals surface area contributed by atoms with Gasteiger partial charge in [0.05, 0.1) is 29.4 Å². The summed E-state index contributed by atoms with van der Waals surface area (Å²) in [5.74, 6) is 0.0112. The Hall–Kier alpha value is -2.73. The fourth-order valence-electron chi connectivity index (χ4n) is 3.49. The summed E-state index contributed by atoms with van der Waals surface area (Å²) in [6, 6.07) is 11.9. The number of pyridine rings is 1. The van der Waals surface area contributed by atoms with Crippen molar-refractivity contribution in [3.8, 4) is 0 Å². The van der Waals surface area contributed by atoms with E-state index in [9.17, 15) is 4.79 Å². The monoisotopic (exact) mass is 350 g/mol. The second kappa shape index (κ2) is 7.25. The van der Waals surface area contributed by atoms with E-state index in [-0.39, 0.29) is 11.9 Å². The number of hydrogen-bond donors (Lipinski definition) is 0. The number of benzene rings is 1. The topological polar surface area (TPSA) is 60.2 Å². The van der Waals surface area contributed by atoms with Crippen molar-refractivity contribution in [1.82, 2.24) is 19.7 Å². The van der Waals surface area contributed by atoms with Crippen molar-refractivity contribution in [2.45, 2.75) is 25.9 Å². The van der Waals surface area contributed by atoms with Crippen LogP contribution in [0.25, 0.3) is 10.9 Å². The van der Waals surface area contributed by atoms with Crippen LogP contribution >= 0.6 is 0 Å². The molecular weight excluding hydrogens is 328 g/mol. The molecule has 0 fully saturated rings. The maximum absolute atomic E-state index is 13.1. The standard InChI is InChI=1S/C20H22N4O2/c1-2-26-10-8-18-14-23(13-17-7-9-22-24(17)18)20(25)16-11-15-5-3-4-6-19(15)21-12-16/h3-7,9,11-12,18H,2,8,10,13-14H2,1H3/t18-/m0/s1. The minimum Gasteiger partial charge on any atom is -0.382 e. The van der Waals surface area contributed by atoms with E-state index in [1.54, 1.807) is 12.4 Å². The van der Waals surface area contributed by atoms with E-state index in [1.807, 2.05) is 52.9 Å². The van der Waals surface area contributed by atoms with Gasteiger partial charge < -0.3 is 9.64 Å². The van der Waals surface area contributed by atoms with Crippen molar-refractivity contribution in [3.63, 3.8) is 0 Å². The van der Waals surface area contributed by atoms with Gasteiger partial charge >= 0.3 is 0 Å². The molecule has 1 aliphatic rings. The zero-order valence-corrected chi connectivity index (χ0v) is 14.8. The molecular formula is C20H22N4O2. The largest absolute Gasteiger partial charge is 0.382 e. The van der Waals surface area contributed by atoms with E-state index in [4.69, 9.17) is 4.74 Å². The van der Waals surface area contributed by atoms with Crippen LogP contribution in [-0.2, 0) is 11.3 Å². The number of para-hydroxylation sites is 1. The lowest BCUT2D eigenvalue weighted by atomic mass is 10.1. The predicted molar refractivity (Wildman–Crippen MR) is 98.9 cm³/mol. The van der Waals surface area contributed by atoms with E-state index in [1.165, 1.54) is 0 Å². The van der Waals surface area contributed by atoms with Crippen molar-refractivity contribution >= 4 is 16.8 Å². The minimum absolute atomic E-state index is 0.0112.